The molecule has 0 saturated heterocycles. The summed E-state index contributed by atoms with van der Waals surface area (Å²) in [5.74, 6) is -1.21. The first-order chi connectivity index (χ1) is 9.65. The van der Waals surface area contributed by atoms with Crippen LogP contribution in [0.3, 0.4) is 0 Å². The van der Waals surface area contributed by atoms with Crippen LogP contribution in [0.1, 0.15) is 12.5 Å². The molecule has 0 aliphatic carbocycles. The van der Waals surface area contributed by atoms with Crippen molar-refractivity contribution >= 4 is 5.97 Å². The third kappa shape index (κ3) is 3.57. The van der Waals surface area contributed by atoms with Crippen molar-refractivity contribution in [2.45, 2.75) is 25.2 Å². The fraction of sp³-hybridized carbons (Fsp3) is 0.462. The minimum Gasteiger partial charge on any atom is -0.493 e. The molecule has 1 atom stereocenters. The molecule has 8 heteroatoms. The lowest BCUT2D eigenvalue weighted by atomic mass is 10.0. The number of alkyl halides is 3. The first kappa shape index (κ1) is 17.1. The van der Waals surface area contributed by atoms with Crippen LogP contribution < -0.4 is 14.8 Å². The molecule has 0 aliphatic heterocycles. The summed E-state index contributed by atoms with van der Waals surface area (Å²) in [6.45, 7) is 0.290. The van der Waals surface area contributed by atoms with Crippen molar-refractivity contribution in [2.75, 3.05) is 14.2 Å². The molecule has 0 aliphatic rings. The second-order valence-corrected chi connectivity index (χ2v) is 4.47. The predicted molar refractivity (Wildman–Crippen MR) is 68.5 cm³/mol. The maximum atomic E-state index is 12.8. The van der Waals surface area contributed by atoms with E-state index in [1.165, 1.54) is 32.4 Å². The van der Waals surface area contributed by atoms with Crippen LogP contribution in [0.15, 0.2) is 18.2 Å². The third-order valence-electron chi connectivity index (χ3n) is 3.09. The number of carboxylic acid groups (broad SMARTS) is 1. The number of benzene rings is 1. The van der Waals surface area contributed by atoms with Crippen molar-refractivity contribution in [3.05, 3.63) is 23.8 Å². The third-order valence-corrected chi connectivity index (χ3v) is 3.09. The number of halogens is 3. The number of hydrogen-bond donors (Lipinski definition) is 2. The summed E-state index contributed by atoms with van der Waals surface area (Å²) in [4.78, 5) is 10.9. The van der Waals surface area contributed by atoms with E-state index in [2.05, 4.69) is 0 Å². The molecule has 1 rings (SSSR count). The SMILES string of the molecule is COc1ccc(CNC(C)(C(=O)O)C(F)(F)F)cc1OC. The predicted octanol–water partition coefficient (Wildman–Crippen LogP) is 2.20. The van der Waals surface area contributed by atoms with Gasteiger partial charge >= 0.3 is 12.1 Å². The molecule has 0 fully saturated rings. The van der Waals surface area contributed by atoms with Crippen LogP contribution in [-0.2, 0) is 11.3 Å². The van der Waals surface area contributed by atoms with Gasteiger partial charge in [-0.3, -0.25) is 5.32 Å². The first-order valence-corrected chi connectivity index (χ1v) is 5.91. The Kier molecular flexibility index (Phi) is 5.06. The number of rotatable bonds is 6. The van der Waals surface area contributed by atoms with E-state index in [4.69, 9.17) is 14.6 Å². The number of methoxy groups -OCH3 is 2. The zero-order valence-corrected chi connectivity index (χ0v) is 11.7. The average molecular weight is 307 g/mol. The van der Waals surface area contributed by atoms with Crippen molar-refractivity contribution in [3.63, 3.8) is 0 Å². The highest BCUT2D eigenvalue weighted by Crippen LogP contribution is 2.32. The summed E-state index contributed by atoms with van der Waals surface area (Å²) in [5, 5.41) is 10.8. The molecule has 1 unspecified atom stereocenters. The zero-order valence-electron chi connectivity index (χ0n) is 11.7. The van der Waals surface area contributed by atoms with Gasteiger partial charge in [-0.1, -0.05) is 6.07 Å². The van der Waals surface area contributed by atoms with Crippen LogP contribution in [0.4, 0.5) is 13.2 Å². The van der Waals surface area contributed by atoms with Gasteiger partial charge in [0.2, 0.25) is 5.54 Å². The number of carbonyl (C=O) groups is 1. The summed E-state index contributed by atoms with van der Waals surface area (Å²) in [6, 6.07) is 4.53. The molecule has 0 spiro atoms. The highest BCUT2D eigenvalue weighted by molar-refractivity contribution is 5.79. The van der Waals surface area contributed by atoms with Crippen molar-refractivity contribution in [3.8, 4) is 11.5 Å². The maximum Gasteiger partial charge on any atom is 0.417 e. The molecule has 0 amide bonds. The Balaban J connectivity index is 2.94. The Bertz CT molecular complexity index is 519. The Labute approximate surface area is 119 Å². The lowest BCUT2D eigenvalue weighted by Crippen LogP contribution is -2.59. The molecule has 0 aromatic heterocycles. The van der Waals surface area contributed by atoms with Gasteiger partial charge in [0.15, 0.2) is 11.5 Å². The maximum absolute atomic E-state index is 12.8. The van der Waals surface area contributed by atoms with Crippen LogP contribution in [-0.4, -0.2) is 37.0 Å². The van der Waals surface area contributed by atoms with E-state index in [0.717, 1.165) is 0 Å². The molecule has 0 saturated carbocycles. The lowest BCUT2D eigenvalue weighted by molar-refractivity contribution is -0.206. The molecule has 0 bridgehead atoms. The van der Waals surface area contributed by atoms with E-state index in [-0.39, 0.29) is 6.54 Å². The average Bonchev–Trinajstić information content (AvgIpc) is 2.42. The minimum atomic E-state index is -4.92. The van der Waals surface area contributed by atoms with Gasteiger partial charge in [-0.05, 0) is 24.6 Å². The standard InChI is InChI=1S/C13H16F3NO4/c1-12(11(18)19,13(14,15)16)17-7-8-4-5-9(20-2)10(6-8)21-3/h4-6,17H,7H2,1-3H3,(H,18,19). The Morgan fingerprint density at radius 1 is 1.24 bits per heavy atom. The van der Waals surface area contributed by atoms with Crippen LogP contribution in [0.2, 0.25) is 0 Å². The van der Waals surface area contributed by atoms with Crippen molar-refractivity contribution in [1.82, 2.24) is 5.32 Å². The smallest absolute Gasteiger partial charge is 0.417 e. The zero-order chi connectivity index (χ0) is 16.3. The van der Waals surface area contributed by atoms with E-state index in [1.807, 2.05) is 5.32 Å². The molecule has 1 aromatic carbocycles. The quantitative estimate of drug-likeness (QED) is 0.843. The molecule has 2 N–H and O–H groups in total. The minimum absolute atomic E-state index is 0.289. The highest BCUT2D eigenvalue weighted by atomic mass is 19.4. The fourth-order valence-corrected chi connectivity index (χ4v) is 1.57. The second-order valence-electron chi connectivity index (χ2n) is 4.47. The molecule has 118 valence electrons. The number of aliphatic carboxylic acids is 1. The Hall–Kier alpha value is -1.96. The van der Waals surface area contributed by atoms with Crippen molar-refractivity contribution in [1.29, 1.82) is 0 Å². The van der Waals surface area contributed by atoms with Crippen LogP contribution in [0.5, 0.6) is 11.5 Å². The summed E-state index contributed by atoms with van der Waals surface area (Å²) in [5.41, 5.74) is -2.59. The van der Waals surface area contributed by atoms with Gasteiger partial charge < -0.3 is 14.6 Å². The largest absolute Gasteiger partial charge is 0.493 e. The van der Waals surface area contributed by atoms with Gasteiger partial charge in [0, 0.05) is 6.54 Å². The summed E-state index contributed by atoms with van der Waals surface area (Å²) < 4.78 is 48.5. The van der Waals surface area contributed by atoms with Gasteiger partial charge in [-0.2, -0.15) is 13.2 Å². The van der Waals surface area contributed by atoms with Gasteiger partial charge in [0.25, 0.3) is 0 Å². The Morgan fingerprint density at radius 2 is 1.81 bits per heavy atom. The molecular formula is C13H16F3NO4. The van der Waals surface area contributed by atoms with E-state index >= 15 is 0 Å². The van der Waals surface area contributed by atoms with Crippen molar-refractivity contribution < 1.29 is 32.5 Å². The van der Waals surface area contributed by atoms with E-state index < -0.39 is 17.7 Å². The summed E-state index contributed by atoms with van der Waals surface area (Å²) >= 11 is 0. The fourth-order valence-electron chi connectivity index (χ4n) is 1.57. The number of hydrogen-bond acceptors (Lipinski definition) is 4. The van der Waals surface area contributed by atoms with E-state index in [9.17, 15) is 18.0 Å². The van der Waals surface area contributed by atoms with E-state index in [1.54, 1.807) is 0 Å². The number of ether oxygens (including phenoxy) is 2. The van der Waals surface area contributed by atoms with Gasteiger partial charge in [-0.15, -0.1) is 0 Å². The molecular weight excluding hydrogens is 291 g/mol. The normalized spacial score (nSPS) is 14.4. The first-order valence-electron chi connectivity index (χ1n) is 5.91. The van der Waals surface area contributed by atoms with Gasteiger partial charge in [0.1, 0.15) is 0 Å². The molecule has 0 heterocycles. The van der Waals surface area contributed by atoms with Crippen molar-refractivity contribution in [2.24, 2.45) is 0 Å². The molecule has 5 nitrogen and oxygen atoms in total. The lowest BCUT2D eigenvalue weighted by Gasteiger charge is -2.28. The topological polar surface area (TPSA) is 67.8 Å². The van der Waals surface area contributed by atoms with Crippen LogP contribution in [0, 0.1) is 0 Å². The monoisotopic (exact) mass is 307 g/mol. The number of carboxylic acids is 1. The molecule has 1 aromatic rings. The molecule has 21 heavy (non-hydrogen) atoms. The van der Waals surface area contributed by atoms with Gasteiger partial charge in [0.05, 0.1) is 14.2 Å². The van der Waals surface area contributed by atoms with E-state index in [0.29, 0.717) is 24.0 Å². The van der Waals surface area contributed by atoms with Crippen LogP contribution in [0.25, 0.3) is 0 Å². The second kappa shape index (κ2) is 6.21. The summed E-state index contributed by atoms with van der Waals surface area (Å²) in [7, 11) is 2.83. The molecule has 0 radical (unpaired) electrons. The highest BCUT2D eigenvalue weighted by Gasteiger charge is 2.57. The van der Waals surface area contributed by atoms with Crippen LogP contribution >= 0.6 is 0 Å². The Morgan fingerprint density at radius 3 is 2.24 bits per heavy atom. The number of nitrogens with one attached hydrogen (secondary N) is 1. The summed E-state index contributed by atoms with van der Waals surface area (Å²) in [6.07, 6.45) is -4.92. The van der Waals surface area contributed by atoms with Gasteiger partial charge in [-0.25, -0.2) is 4.79 Å².